The second-order valence-corrected chi connectivity index (χ2v) is 3.96. The van der Waals surface area contributed by atoms with E-state index in [9.17, 15) is 9.59 Å². The number of urea groups is 1. The van der Waals surface area contributed by atoms with Crippen molar-refractivity contribution in [1.29, 1.82) is 0 Å². The van der Waals surface area contributed by atoms with Crippen molar-refractivity contribution in [2.75, 3.05) is 20.1 Å². The molecule has 0 heterocycles. The zero-order chi connectivity index (χ0) is 12.7. The minimum Gasteiger partial charge on any atom is -0.357 e. The van der Waals surface area contributed by atoms with Crippen LogP contribution in [0.4, 0.5) is 4.79 Å². The normalized spacial score (nSPS) is 12.1. The van der Waals surface area contributed by atoms with E-state index in [4.69, 9.17) is 0 Å². The summed E-state index contributed by atoms with van der Waals surface area (Å²) >= 11 is 0. The molecule has 5 nitrogen and oxygen atoms in total. The SMILES string of the molecule is CCN(CC)C(=O)N[C@H](C(=O)NC)C(C)C. The van der Waals surface area contributed by atoms with Gasteiger partial charge < -0.3 is 15.5 Å². The third kappa shape index (κ3) is 4.08. The molecule has 0 aromatic rings. The Labute approximate surface area is 97.6 Å². The lowest BCUT2D eigenvalue weighted by Gasteiger charge is -2.25. The van der Waals surface area contributed by atoms with Crippen LogP contribution in [0.3, 0.4) is 0 Å². The molecule has 0 fully saturated rings. The lowest BCUT2D eigenvalue weighted by Crippen LogP contribution is -2.52. The first-order chi connectivity index (χ1) is 7.47. The highest BCUT2D eigenvalue weighted by Crippen LogP contribution is 2.02. The topological polar surface area (TPSA) is 61.4 Å². The maximum atomic E-state index is 11.8. The van der Waals surface area contributed by atoms with Crippen molar-refractivity contribution >= 4 is 11.9 Å². The van der Waals surface area contributed by atoms with E-state index in [1.54, 1.807) is 11.9 Å². The quantitative estimate of drug-likeness (QED) is 0.733. The predicted octanol–water partition coefficient (Wildman–Crippen LogP) is 0.808. The molecule has 5 heteroatoms. The van der Waals surface area contributed by atoms with E-state index in [1.807, 2.05) is 27.7 Å². The first-order valence-electron chi connectivity index (χ1n) is 5.74. The Hall–Kier alpha value is -1.26. The van der Waals surface area contributed by atoms with Crippen molar-refractivity contribution in [3.63, 3.8) is 0 Å². The van der Waals surface area contributed by atoms with Gasteiger partial charge in [0.15, 0.2) is 0 Å². The Kier molecular flexibility index (Phi) is 6.53. The Balaban J connectivity index is 4.51. The van der Waals surface area contributed by atoms with E-state index in [0.717, 1.165) is 0 Å². The van der Waals surface area contributed by atoms with Gasteiger partial charge in [0.05, 0.1) is 0 Å². The van der Waals surface area contributed by atoms with Crippen LogP contribution in [0.2, 0.25) is 0 Å². The zero-order valence-corrected chi connectivity index (χ0v) is 10.8. The van der Waals surface area contributed by atoms with Crippen molar-refractivity contribution in [1.82, 2.24) is 15.5 Å². The van der Waals surface area contributed by atoms with Gasteiger partial charge in [0.1, 0.15) is 6.04 Å². The number of amides is 3. The second kappa shape index (κ2) is 7.09. The van der Waals surface area contributed by atoms with Gasteiger partial charge in [-0.3, -0.25) is 4.79 Å². The molecular formula is C11H23N3O2. The molecule has 3 amide bonds. The molecule has 16 heavy (non-hydrogen) atoms. The molecule has 0 aromatic heterocycles. The summed E-state index contributed by atoms with van der Waals surface area (Å²) in [5.74, 6) is -0.0880. The smallest absolute Gasteiger partial charge is 0.318 e. The average Bonchev–Trinajstić information content (AvgIpc) is 2.26. The molecule has 0 saturated heterocycles. The van der Waals surface area contributed by atoms with Gasteiger partial charge in [0.25, 0.3) is 0 Å². The van der Waals surface area contributed by atoms with Crippen LogP contribution >= 0.6 is 0 Å². The molecule has 0 aromatic carbocycles. The molecule has 0 rings (SSSR count). The van der Waals surface area contributed by atoms with E-state index in [0.29, 0.717) is 13.1 Å². The fraction of sp³-hybridized carbons (Fsp3) is 0.818. The highest BCUT2D eigenvalue weighted by atomic mass is 16.2. The number of nitrogens with zero attached hydrogens (tertiary/aromatic N) is 1. The number of rotatable bonds is 5. The molecule has 94 valence electrons. The fourth-order valence-electron chi connectivity index (χ4n) is 1.43. The van der Waals surface area contributed by atoms with Crippen LogP contribution < -0.4 is 10.6 Å². The largest absolute Gasteiger partial charge is 0.357 e. The number of hydrogen-bond acceptors (Lipinski definition) is 2. The molecular weight excluding hydrogens is 206 g/mol. The summed E-state index contributed by atoms with van der Waals surface area (Å²) < 4.78 is 0. The molecule has 0 unspecified atom stereocenters. The van der Waals surface area contributed by atoms with Crippen LogP contribution in [0.25, 0.3) is 0 Å². The first-order valence-corrected chi connectivity index (χ1v) is 5.74. The van der Waals surface area contributed by atoms with Gasteiger partial charge in [-0.05, 0) is 19.8 Å². The second-order valence-electron chi connectivity index (χ2n) is 3.96. The number of nitrogens with one attached hydrogen (secondary N) is 2. The third-order valence-corrected chi connectivity index (χ3v) is 2.53. The summed E-state index contributed by atoms with van der Waals surface area (Å²) in [7, 11) is 1.57. The Bertz CT molecular complexity index is 237. The van der Waals surface area contributed by atoms with Gasteiger partial charge in [0, 0.05) is 20.1 Å². The van der Waals surface area contributed by atoms with Crippen LogP contribution in [0, 0.1) is 5.92 Å². The van der Waals surface area contributed by atoms with Gasteiger partial charge in [0.2, 0.25) is 5.91 Å². The number of carbonyl (C=O) groups excluding carboxylic acids is 2. The Morgan fingerprint density at radius 3 is 2.00 bits per heavy atom. The van der Waals surface area contributed by atoms with Gasteiger partial charge in [-0.15, -0.1) is 0 Å². The molecule has 0 spiro atoms. The zero-order valence-electron chi connectivity index (χ0n) is 10.8. The highest BCUT2D eigenvalue weighted by Gasteiger charge is 2.24. The fourth-order valence-corrected chi connectivity index (χ4v) is 1.43. The van der Waals surface area contributed by atoms with E-state index in [-0.39, 0.29) is 17.9 Å². The molecule has 0 bridgehead atoms. The first kappa shape index (κ1) is 14.7. The van der Waals surface area contributed by atoms with E-state index in [2.05, 4.69) is 10.6 Å². The van der Waals surface area contributed by atoms with Gasteiger partial charge in [-0.1, -0.05) is 13.8 Å². The van der Waals surface area contributed by atoms with Crippen LogP contribution in [0.5, 0.6) is 0 Å². The van der Waals surface area contributed by atoms with Crippen molar-refractivity contribution in [3.05, 3.63) is 0 Å². The van der Waals surface area contributed by atoms with E-state index >= 15 is 0 Å². The van der Waals surface area contributed by atoms with E-state index < -0.39 is 6.04 Å². The Morgan fingerprint density at radius 2 is 1.69 bits per heavy atom. The lowest BCUT2D eigenvalue weighted by atomic mass is 10.0. The van der Waals surface area contributed by atoms with Crippen molar-refractivity contribution < 1.29 is 9.59 Å². The molecule has 1 atom stereocenters. The van der Waals surface area contributed by atoms with Crippen LogP contribution in [-0.2, 0) is 4.79 Å². The van der Waals surface area contributed by atoms with Crippen LogP contribution in [-0.4, -0.2) is 43.0 Å². The summed E-state index contributed by atoms with van der Waals surface area (Å²) in [6.07, 6.45) is 0. The summed E-state index contributed by atoms with van der Waals surface area (Å²) in [5, 5.41) is 5.30. The lowest BCUT2D eigenvalue weighted by molar-refractivity contribution is -0.123. The molecule has 0 saturated carbocycles. The average molecular weight is 229 g/mol. The minimum absolute atomic E-state index is 0.0689. The standard InChI is InChI=1S/C11H23N3O2/c1-6-14(7-2)11(16)13-9(8(3)4)10(15)12-5/h8-9H,6-7H2,1-5H3,(H,12,15)(H,13,16)/t9-/m0/s1. The molecule has 0 radical (unpaired) electrons. The molecule has 2 N–H and O–H groups in total. The maximum absolute atomic E-state index is 11.8. The van der Waals surface area contributed by atoms with Crippen molar-refractivity contribution in [2.45, 2.75) is 33.7 Å². The maximum Gasteiger partial charge on any atom is 0.318 e. The third-order valence-electron chi connectivity index (χ3n) is 2.53. The molecule has 0 aliphatic heterocycles. The highest BCUT2D eigenvalue weighted by molar-refractivity contribution is 5.87. The number of hydrogen-bond donors (Lipinski definition) is 2. The number of carbonyl (C=O) groups is 2. The molecule has 0 aliphatic carbocycles. The predicted molar refractivity (Wildman–Crippen MR) is 64.1 cm³/mol. The van der Waals surface area contributed by atoms with E-state index in [1.165, 1.54) is 0 Å². The Morgan fingerprint density at radius 1 is 1.19 bits per heavy atom. The minimum atomic E-state index is -0.474. The van der Waals surface area contributed by atoms with Gasteiger partial charge >= 0.3 is 6.03 Å². The molecule has 0 aliphatic rings. The van der Waals surface area contributed by atoms with Gasteiger partial charge in [-0.25, -0.2) is 4.79 Å². The van der Waals surface area contributed by atoms with Crippen LogP contribution in [0.1, 0.15) is 27.7 Å². The van der Waals surface area contributed by atoms with Crippen LogP contribution in [0.15, 0.2) is 0 Å². The monoisotopic (exact) mass is 229 g/mol. The van der Waals surface area contributed by atoms with Crippen molar-refractivity contribution in [3.8, 4) is 0 Å². The van der Waals surface area contributed by atoms with Gasteiger partial charge in [-0.2, -0.15) is 0 Å². The van der Waals surface area contributed by atoms with Crippen molar-refractivity contribution in [2.24, 2.45) is 5.92 Å². The number of likely N-dealkylation sites (N-methyl/N-ethyl adjacent to an activating group) is 1. The summed E-state index contributed by atoms with van der Waals surface area (Å²) in [5.41, 5.74) is 0. The summed E-state index contributed by atoms with van der Waals surface area (Å²) in [4.78, 5) is 25.0. The summed E-state index contributed by atoms with van der Waals surface area (Å²) in [6, 6.07) is -0.662. The summed E-state index contributed by atoms with van der Waals surface area (Å²) in [6.45, 7) is 8.91.